The summed E-state index contributed by atoms with van der Waals surface area (Å²) in [6.45, 7) is 1.86. The molecular formula is C24H27ClN4O2. The van der Waals surface area contributed by atoms with Crippen molar-refractivity contribution in [2.45, 2.75) is 38.3 Å². The summed E-state index contributed by atoms with van der Waals surface area (Å²) < 4.78 is 6.17. The van der Waals surface area contributed by atoms with Crippen molar-refractivity contribution in [1.82, 2.24) is 4.98 Å². The van der Waals surface area contributed by atoms with E-state index < -0.39 is 0 Å². The van der Waals surface area contributed by atoms with Crippen LogP contribution < -0.4 is 20.3 Å². The van der Waals surface area contributed by atoms with Gasteiger partial charge in [0.15, 0.2) is 0 Å². The van der Waals surface area contributed by atoms with Crippen molar-refractivity contribution < 1.29 is 9.84 Å². The maximum Gasteiger partial charge on any atom is 0.119 e. The van der Waals surface area contributed by atoms with Gasteiger partial charge in [0.25, 0.3) is 0 Å². The van der Waals surface area contributed by atoms with Crippen molar-refractivity contribution in [3.8, 4) is 5.75 Å². The number of para-hydroxylation sites is 1. The van der Waals surface area contributed by atoms with E-state index in [0.29, 0.717) is 30.6 Å². The number of halogens is 1. The Morgan fingerprint density at radius 2 is 1.97 bits per heavy atom. The molecule has 1 aromatic heterocycles. The van der Waals surface area contributed by atoms with Crippen LogP contribution in [0.25, 0.3) is 11.8 Å². The molecule has 7 heteroatoms. The van der Waals surface area contributed by atoms with E-state index in [2.05, 4.69) is 20.1 Å². The number of aromatic amines is 1. The fourth-order valence-corrected chi connectivity index (χ4v) is 5.04. The number of hydrogen-bond donors (Lipinski definition) is 2. The number of hydrogen-bond acceptors (Lipinski definition) is 5. The zero-order valence-electron chi connectivity index (χ0n) is 17.4. The molecule has 162 valence electrons. The summed E-state index contributed by atoms with van der Waals surface area (Å²) >= 11 is 6.37. The average molecular weight is 439 g/mol. The molecule has 31 heavy (non-hydrogen) atoms. The maximum absolute atomic E-state index is 9.56. The minimum atomic E-state index is 0.0916. The highest BCUT2D eigenvalue weighted by Gasteiger charge is 2.29. The lowest BCUT2D eigenvalue weighted by Crippen LogP contribution is -2.31. The number of nitrogens with zero attached hydrogens (tertiary/aromatic N) is 3. The molecule has 2 N–H and O–H groups in total. The Kier molecular flexibility index (Phi) is 5.83. The first-order valence-corrected chi connectivity index (χ1v) is 11.4. The first-order chi connectivity index (χ1) is 15.2. The third-order valence-corrected chi connectivity index (χ3v) is 6.61. The number of allylic oxidation sites excluding steroid dienone is 1. The van der Waals surface area contributed by atoms with Crippen LogP contribution >= 0.6 is 11.6 Å². The molecule has 0 unspecified atom stereocenters. The third-order valence-electron chi connectivity index (χ3n) is 6.35. The topological polar surface area (TPSA) is 73.2 Å². The Balaban J connectivity index is 1.43. The number of nitrogens with one attached hydrogen (secondary N) is 1. The van der Waals surface area contributed by atoms with Gasteiger partial charge in [-0.25, -0.2) is 0 Å². The van der Waals surface area contributed by atoms with Crippen molar-refractivity contribution in [2.75, 3.05) is 24.6 Å². The second-order valence-electron chi connectivity index (χ2n) is 8.33. The zero-order chi connectivity index (χ0) is 21.2. The van der Waals surface area contributed by atoms with E-state index in [-0.39, 0.29) is 12.7 Å². The Morgan fingerprint density at radius 1 is 1.16 bits per heavy atom. The number of anilines is 1. The second kappa shape index (κ2) is 8.89. The predicted octanol–water partition coefficient (Wildman–Crippen LogP) is 3.44. The standard InChI is InChI=1S/C24H27ClN4O2/c25-17-10-11-29(12-13-30)24-20-15-26-28-22(23(20)27-21(24)14-17)16-6-8-19(9-7-16)31-18-4-2-1-3-5-18/h1-5,10,14,16,19,27,30H,6-9,11-13,15H2/t16-,19-. The summed E-state index contributed by atoms with van der Waals surface area (Å²) in [5.41, 5.74) is 3.30. The van der Waals surface area contributed by atoms with Gasteiger partial charge in [0.05, 0.1) is 41.3 Å². The number of ether oxygens (including phenoxy) is 1. The first-order valence-electron chi connectivity index (χ1n) is 11.0. The van der Waals surface area contributed by atoms with Crippen LogP contribution in [-0.2, 0) is 6.54 Å². The van der Waals surface area contributed by atoms with Gasteiger partial charge in [-0.15, -0.1) is 0 Å². The van der Waals surface area contributed by atoms with Crippen LogP contribution in [0.1, 0.15) is 31.2 Å². The third kappa shape index (κ3) is 4.14. The molecule has 0 atom stereocenters. The normalized spacial score (nSPS) is 22.8. The van der Waals surface area contributed by atoms with E-state index in [1.54, 1.807) is 0 Å². The lowest BCUT2D eigenvalue weighted by Gasteiger charge is -2.29. The van der Waals surface area contributed by atoms with E-state index in [1.807, 2.05) is 42.5 Å². The van der Waals surface area contributed by atoms with Crippen molar-refractivity contribution in [1.29, 1.82) is 0 Å². The lowest BCUT2D eigenvalue weighted by molar-refractivity contribution is 0.142. The number of azo groups is 1. The van der Waals surface area contributed by atoms with Crippen molar-refractivity contribution >= 4 is 29.1 Å². The summed E-state index contributed by atoms with van der Waals surface area (Å²) in [6, 6.07) is 10.1. The van der Waals surface area contributed by atoms with Crippen molar-refractivity contribution in [2.24, 2.45) is 16.1 Å². The van der Waals surface area contributed by atoms with Crippen LogP contribution in [-0.4, -0.2) is 35.9 Å². The number of benzene rings is 1. The summed E-state index contributed by atoms with van der Waals surface area (Å²) in [6.07, 6.45) is 8.25. The van der Waals surface area contributed by atoms with Gasteiger partial charge < -0.3 is 19.7 Å². The smallest absolute Gasteiger partial charge is 0.119 e. The summed E-state index contributed by atoms with van der Waals surface area (Å²) in [5.74, 6) is 1.30. The van der Waals surface area contributed by atoms with Gasteiger partial charge in [-0.2, -0.15) is 10.2 Å². The summed E-state index contributed by atoms with van der Waals surface area (Å²) in [5, 5.41) is 21.4. The quantitative estimate of drug-likeness (QED) is 0.751. The number of β-amino-alcohol motifs (C(OH)–C–C–N with tert-alkyl or cyclic N) is 1. The molecule has 0 spiro atoms. The number of aromatic nitrogens is 1. The van der Waals surface area contributed by atoms with Gasteiger partial charge in [0.2, 0.25) is 0 Å². The monoisotopic (exact) mass is 438 g/mol. The van der Waals surface area contributed by atoms with Gasteiger partial charge >= 0.3 is 0 Å². The fourth-order valence-electron chi connectivity index (χ4n) is 4.86. The largest absolute Gasteiger partial charge is 0.490 e. The summed E-state index contributed by atoms with van der Waals surface area (Å²) in [7, 11) is 0. The van der Waals surface area contributed by atoms with Crippen LogP contribution in [0.5, 0.6) is 5.75 Å². The van der Waals surface area contributed by atoms with E-state index in [0.717, 1.165) is 59.1 Å². The molecule has 5 rings (SSSR count). The number of aliphatic hydroxyl groups excluding tert-OH is 1. The highest BCUT2D eigenvalue weighted by atomic mass is 35.5. The minimum absolute atomic E-state index is 0.0916. The van der Waals surface area contributed by atoms with Crippen LogP contribution in [0.4, 0.5) is 5.69 Å². The number of aliphatic hydroxyl groups is 1. The highest BCUT2D eigenvalue weighted by Crippen LogP contribution is 2.34. The Hall–Kier alpha value is -2.57. The Labute approximate surface area is 186 Å². The molecule has 1 fully saturated rings. The fraction of sp³-hybridized carbons (Fsp3) is 0.417. The molecule has 1 saturated carbocycles. The zero-order valence-corrected chi connectivity index (χ0v) is 18.2. The number of rotatable bonds is 5. The molecule has 2 aromatic rings. The molecule has 0 radical (unpaired) electrons. The van der Waals surface area contributed by atoms with E-state index in [9.17, 15) is 5.11 Å². The van der Waals surface area contributed by atoms with Crippen LogP contribution in [0, 0.1) is 5.92 Å². The van der Waals surface area contributed by atoms with Gasteiger partial charge in [0, 0.05) is 29.6 Å². The van der Waals surface area contributed by atoms with Crippen molar-refractivity contribution in [3.05, 3.63) is 57.7 Å². The van der Waals surface area contributed by atoms with Gasteiger partial charge in [-0.05, 0) is 50.0 Å². The van der Waals surface area contributed by atoms with Crippen LogP contribution in [0.15, 0.2) is 51.7 Å². The second-order valence-corrected chi connectivity index (χ2v) is 8.77. The molecule has 0 bridgehead atoms. The van der Waals surface area contributed by atoms with E-state index in [4.69, 9.17) is 16.3 Å². The Morgan fingerprint density at radius 3 is 2.74 bits per heavy atom. The van der Waals surface area contributed by atoms with Crippen LogP contribution in [0.2, 0.25) is 0 Å². The van der Waals surface area contributed by atoms with E-state index in [1.165, 1.54) is 0 Å². The highest BCUT2D eigenvalue weighted by molar-refractivity contribution is 6.34. The molecule has 3 aliphatic rings. The van der Waals surface area contributed by atoms with Gasteiger partial charge in [-0.3, -0.25) is 0 Å². The molecule has 1 aromatic carbocycles. The molecule has 6 nitrogen and oxygen atoms in total. The lowest BCUT2D eigenvalue weighted by atomic mass is 9.84. The molecule has 1 aliphatic carbocycles. The van der Waals surface area contributed by atoms with Crippen molar-refractivity contribution in [3.63, 3.8) is 0 Å². The minimum Gasteiger partial charge on any atom is -0.490 e. The number of H-pyrrole nitrogens is 1. The van der Waals surface area contributed by atoms with Gasteiger partial charge in [0.1, 0.15) is 5.75 Å². The molecule has 3 heterocycles. The molecule has 0 amide bonds. The average Bonchev–Trinajstić information content (AvgIpc) is 3.08. The molecular weight excluding hydrogens is 412 g/mol. The maximum atomic E-state index is 9.56. The first kappa shape index (κ1) is 20.3. The molecule has 0 saturated heterocycles. The van der Waals surface area contributed by atoms with E-state index >= 15 is 0 Å². The number of fused-ring (bicyclic) bond motifs is 3. The SMILES string of the molecule is OCCN1CC=C(Cl)C=c2[nH]c3c(c21)CN=NC=3[C@H]1CC[C@H](Oc2ccccc2)CC1. The van der Waals surface area contributed by atoms with Crippen LogP contribution in [0.3, 0.4) is 0 Å². The Bertz CT molecular complexity index is 1110. The molecule has 2 aliphatic heterocycles. The summed E-state index contributed by atoms with van der Waals surface area (Å²) in [4.78, 5) is 5.75. The van der Waals surface area contributed by atoms with Gasteiger partial charge in [-0.1, -0.05) is 29.8 Å². The predicted molar refractivity (Wildman–Crippen MR) is 123 cm³/mol.